The third-order valence-electron chi connectivity index (χ3n) is 3.04. The highest BCUT2D eigenvalue weighted by atomic mass is 19.3. The third kappa shape index (κ3) is 1.49. The van der Waals surface area contributed by atoms with Gasteiger partial charge in [0.2, 0.25) is 0 Å². The molecular formula is C10H16F2O. The zero-order valence-corrected chi connectivity index (χ0v) is 8.36. The predicted molar refractivity (Wildman–Crippen MR) is 46.8 cm³/mol. The van der Waals surface area contributed by atoms with Crippen LogP contribution < -0.4 is 0 Å². The molecule has 1 aliphatic carbocycles. The molecule has 0 aromatic heterocycles. The number of ketones is 1. The van der Waals surface area contributed by atoms with E-state index in [2.05, 4.69) is 0 Å². The molecule has 0 spiro atoms. The van der Waals surface area contributed by atoms with Crippen LogP contribution >= 0.6 is 0 Å². The fraction of sp³-hybridized carbons (Fsp3) is 0.900. The van der Waals surface area contributed by atoms with Gasteiger partial charge in [0.25, 0.3) is 5.92 Å². The van der Waals surface area contributed by atoms with E-state index in [0.717, 1.165) is 13.3 Å². The van der Waals surface area contributed by atoms with Crippen molar-refractivity contribution >= 4 is 5.78 Å². The maximum Gasteiger partial charge on any atom is 0.257 e. The predicted octanol–water partition coefficient (Wildman–Crippen LogP) is 3.04. The summed E-state index contributed by atoms with van der Waals surface area (Å²) in [5.41, 5.74) is -1.33. The minimum Gasteiger partial charge on any atom is -0.299 e. The molecule has 0 aromatic carbocycles. The number of hydrogen-bond acceptors (Lipinski definition) is 1. The average molecular weight is 190 g/mol. The van der Waals surface area contributed by atoms with Gasteiger partial charge in [-0.1, -0.05) is 20.3 Å². The fourth-order valence-electron chi connectivity index (χ4n) is 1.98. The highest BCUT2D eigenvalue weighted by Crippen LogP contribution is 2.53. The van der Waals surface area contributed by atoms with Gasteiger partial charge in [-0.25, -0.2) is 8.78 Å². The molecule has 0 amide bonds. The molecule has 0 aromatic rings. The highest BCUT2D eigenvalue weighted by molar-refractivity contribution is 5.88. The van der Waals surface area contributed by atoms with Crippen LogP contribution in [0.4, 0.5) is 8.78 Å². The van der Waals surface area contributed by atoms with Crippen LogP contribution in [0.3, 0.4) is 0 Å². The summed E-state index contributed by atoms with van der Waals surface area (Å²) in [6.45, 7) is 4.24. The van der Waals surface area contributed by atoms with Gasteiger partial charge in [0.1, 0.15) is 5.78 Å². The lowest BCUT2D eigenvalue weighted by Crippen LogP contribution is -2.52. The van der Waals surface area contributed by atoms with Crippen molar-refractivity contribution in [2.45, 2.75) is 46.0 Å². The van der Waals surface area contributed by atoms with Crippen LogP contribution in [-0.2, 0) is 4.79 Å². The number of alkyl halides is 2. The van der Waals surface area contributed by atoms with Crippen LogP contribution in [0, 0.1) is 11.3 Å². The van der Waals surface area contributed by atoms with Crippen molar-refractivity contribution in [3.8, 4) is 0 Å². The average Bonchev–Trinajstić information content (AvgIpc) is 1.80. The minimum atomic E-state index is -2.85. The fourth-order valence-corrected chi connectivity index (χ4v) is 1.98. The number of carbonyl (C=O) groups is 1. The summed E-state index contributed by atoms with van der Waals surface area (Å²) in [5.74, 6) is -3.41. The Balaban J connectivity index is 2.89. The van der Waals surface area contributed by atoms with Crippen molar-refractivity contribution in [2.75, 3.05) is 0 Å². The molecule has 1 nitrogen and oxygen atoms in total. The SMILES string of the molecule is CC(C)C(=O)C1(C(C)(F)F)CCC1. The van der Waals surface area contributed by atoms with E-state index in [1.54, 1.807) is 13.8 Å². The Bertz CT molecular complexity index is 211. The Hall–Kier alpha value is -0.470. The van der Waals surface area contributed by atoms with Crippen molar-refractivity contribution in [1.82, 2.24) is 0 Å². The first-order valence-corrected chi connectivity index (χ1v) is 4.73. The molecule has 76 valence electrons. The van der Waals surface area contributed by atoms with Crippen LogP contribution in [-0.4, -0.2) is 11.7 Å². The number of rotatable bonds is 3. The maximum atomic E-state index is 13.2. The quantitative estimate of drug-likeness (QED) is 0.668. The molecule has 13 heavy (non-hydrogen) atoms. The summed E-state index contributed by atoms with van der Waals surface area (Å²) in [7, 11) is 0. The van der Waals surface area contributed by atoms with E-state index < -0.39 is 11.3 Å². The molecule has 1 fully saturated rings. The van der Waals surface area contributed by atoms with Crippen molar-refractivity contribution in [1.29, 1.82) is 0 Å². The molecule has 0 radical (unpaired) electrons. The zero-order chi connectivity index (χ0) is 10.3. The molecule has 1 aliphatic rings. The van der Waals surface area contributed by atoms with Crippen LogP contribution in [0.15, 0.2) is 0 Å². The largest absolute Gasteiger partial charge is 0.299 e. The molecule has 0 bridgehead atoms. The Morgan fingerprint density at radius 1 is 1.38 bits per heavy atom. The van der Waals surface area contributed by atoms with Crippen LogP contribution in [0.2, 0.25) is 0 Å². The number of halogens is 2. The van der Waals surface area contributed by atoms with E-state index in [0.29, 0.717) is 12.8 Å². The molecule has 1 saturated carbocycles. The van der Waals surface area contributed by atoms with Crippen molar-refractivity contribution in [3.63, 3.8) is 0 Å². The number of hydrogen-bond donors (Lipinski definition) is 0. The maximum absolute atomic E-state index is 13.2. The van der Waals surface area contributed by atoms with Crippen molar-refractivity contribution in [2.24, 2.45) is 11.3 Å². The first-order chi connectivity index (χ1) is 5.81. The van der Waals surface area contributed by atoms with E-state index in [4.69, 9.17) is 0 Å². The van der Waals surface area contributed by atoms with Gasteiger partial charge < -0.3 is 0 Å². The molecule has 0 heterocycles. The lowest BCUT2D eigenvalue weighted by atomic mass is 9.60. The van der Waals surface area contributed by atoms with Crippen molar-refractivity contribution < 1.29 is 13.6 Å². The summed E-state index contributed by atoms with van der Waals surface area (Å²) >= 11 is 0. The van der Waals surface area contributed by atoms with E-state index in [9.17, 15) is 13.6 Å². The Morgan fingerprint density at radius 2 is 1.85 bits per heavy atom. The summed E-state index contributed by atoms with van der Waals surface area (Å²) < 4.78 is 26.4. The molecular weight excluding hydrogens is 174 g/mol. The summed E-state index contributed by atoms with van der Waals surface area (Å²) in [5, 5.41) is 0. The molecule has 0 N–H and O–H groups in total. The van der Waals surface area contributed by atoms with Crippen LogP contribution in [0.1, 0.15) is 40.0 Å². The number of carbonyl (C=O) groups excluding carboxylic acids is 1. The smallest absolute Gasteiger partial charge is 0.257 e. The van der Waals surface area contributed by atoms with Gasteiger partial charge in [-0.15, -0.1) is 0 Å². The van der Waals surface area contributed by atoms with E-state index in [1.165, 1.54) is 0 Å². The Kier molecular flexibility index (Phi) is 2.48. The van der Waals surface area contributed by atoms with Crippen molar-refractivity contribution in [3.05, 3.63) is 0 Å². The standard InChI is InChI=1S/C10H16F2O/c1-7(2)8(13)10(5-4-6-10)9(3,11)12/h7H,4-6H2,1-3H3. The van der Waals surface area contributed by atoms with Gasteiger partial charge >= 0.3 is 0 Å². The monoisotopic (exact) mass is 190 g/mol. The van der Waals surface area contributed by atoms with Gasteiger partial charge in [-0.05, 0) is 12.8 Å². The summed E-state index contributed by atoms with van der Waals surface area (Å²) in [6.07, 6.45) is 1.46. The first-order valence-electron chi connectivity index (χ1n) is 4.73. The van der Waals surface area contributed by atoms with E-state index in [1.807, 2.05) is 0 Å². The molecule has 1 rings (SSSR count). The second kappa shape index (κ2) is 3.03. The molecule has 3 heteroatoms. The minimum absolute atomic E-state index is 0.272. The van der Waals surface area contributed by atoms with E-state index >= 15 is 0 Å². The second-order valence-corrected chi connectivity index (χ2v) is 4.34. The van der Waals surface area contributed by atoms with Crippen LogP contribution in [0.25, 0.3) is 0 Å². The molecule has 0 aliphatic heterocycles. The molecule has 0 unspecified atom stereocenters. The van der Waals surface area contributed by atoms with Gasteiger partial charge in [0.15, 0.2) is 0 Å². The lowest BCUT2D eigenvalue weighted by molar-refractivity contribution is -0.175. The van der Waals surface area contributed by atoms with Gasteiger partial charge in [0.05, 0.1) is 5.41 Å². The van der Waals surface area contributed by atoms with Crippen LogP contribution in [0.5, 0.6) is 0 Å². The first kappa shape index (κ1) is 10.6. The van der Waals surface area contributed by atoms with Gasteiger partial charge in [-0.2, -0.15) is 0 Å². The third-order valence-corrected chi connectivity index (χ3v) is 3.04. The Labute approximate surface area is 77.5 Å². The summed E-state index contributed by atoms with van der Waals surface area (Å²) in [6, 6.07) is 0. The topological polar surface area (TPSA) is 17.1 Å². The zero-order valence-electron chi connectivity index (χ0n) is 8.36. The Morgan fingerprint density at radius 3 is 1.92 bits per heavy atom. The highest BCUT2D eigenvalue weighted by Gasteiger charge is 2.59. The molecule has 0 atom stereocenters. The second-order valence-electron chi connectivity index (χ2n) is 4.34. The lowest BCUT2D eigenvalue weighted by Gasteiger charge is -2.45. The number of Topliss-reactive ketones (excluding diaryl/α,β-unsaturated/α-hetero) is 1. The molecule has 0 saturated heterocycles. The van der Waals surface area contributed by atoms with Gasteiger partial charge in [0, 0.05) is 12.8 Å². The normalized spacial score (nSPS) is 21.4. The van der Waals surface area contributed by atoms with E-state index in [-0.39, 0.29) is 11.7 Å². The van der Waals surface area contributed by atoms with Gasteiger partial charge in [-0.3, -0.25) is 4.79 Å². The summed E-state index contributed by atoms with van der Waals surface area (Å²) in [4.78, 5) is 11.6.